The molecule has 2 aromatic carbocycles. The van der Waals surface area contributed by atoms with Gasteiger partial charge in [0.1, 0.15) is 6.54 Å². The minimum atomic E-state index is -3.71. The molecular weight excluding hydrogens is 419 g/mol. The maximum absolute atomic E-state index is 12.6. The first-order valence-corrected chi connectivity index (χ1v) is 11.6. The number of nitrogens with zero attached hydrogens (tertiary/aromatic N) is 1. The van der Waals surface area contributed by atoms with Crippen molar-refractivity contribution in [3.8, 4) is 0 Å². The van der Waals surface area contributed by atoms with Crippen molar-refractivity contribution in [3.05, 3.63) is 63.1 Å². The number of sulfonamides is 1. The first-order valence-electron chi connectivity index (χ1n) is 8.99. The lowest BCUT2D eigenvalue weighted by Crippen LogP contribution is -2.41. The highest BCUT2D eigenvalue weighted by atomic mass is 35.5. The Morgan fingerprint density at radius 2 is 1.86 bits per heavy atom. The van der Waals surface area contributed by atoms with Gasteiger partial charge in [0.05, 0.1) is 23.0 Å². The summed E-state index contributed by atoms with van der Waals surface area (Å²) in [7, 11) is -3.71. The average molecular weight is 441 g/mol. The van der Waals surface area contributed by atoms with Gasteiger partial charge in [-0.1, -0.05) is 41.4 Å². The Hall–Kier alpha value is -1.76. The van der Waals surface area contributed by atoms with Gasteiger partial charge in [-0.25, -0.2) is 8.42 Å². The Morgan fingerprint density at radius 1 is 1.14 bits per heavy atom. The number of halogens is 2. The van der Waals surface area contributed by atoms with Gasteiger partial charge in [-0.15, -0.1) is 0 Å². The molecular formula is C20H22Cl2N2O3S. The van der Waals surface area contributed by atoms with Gasteiger partial charge in [0.15, 0.2) is 0 Å². The van der Waals surface area contributed by atoms with Crippen molar-refractivity contribution in [1.29, 1.82) is 0 Å². The number of nitrogens with one attached hydrogen (secondary N) is 1. The Balaban J connectivity index is 1.75. The van der Waals surface area contributed by atoms with Gasteiger partial charge in [0.25, 0.3) is 0 Å². The van der Waals surface area contributed by atoms with E-state index in [0.717, 1.165) is 35.4 Å². The normalized spacial score (nSPS) is 14.4. The predicted octanol–water partition coefficient (Wildman–Crippen LogP) is 4.13. The number of anilines is 1. The molecule has 0 bridgehead atoms. The van der Waals surface area contributed by atoms with Crippen LogP contribution in [0.3, 0.4) is 0 Å². The maximum atomic E-state index is 12.6. The summed E-state index contributed by atoms with van der Waals surface area (Å²) in [5.41, 5.74) is 3.91. The largest absolute Gasteiger partial charge is 0.348 e. The molecule has 2 aromatic rings. The summed E-state index contributed by atoms with van der Waals surface area (Å²) >= 11 is 12.0. The van der Waals surface area contributed by atoms with Gasteiger partial charge in [-0.2, -0.15) is 0 Å². The Labute approximate surface area is 175 Å². The zero-order chi connectivity index (χ0) is 20.5. The smallest absolute Gasteiger partial charge is 0.241 e. The van der Waals surface area contributed by atoms with Crippen LogP contribution in [0, 0.1) is 0 Å². The van der Waals surface area contributed by atoms with Gasteiger partial charge in [0, 0.05) is 5.02 Å². The number of carbonyl (C=O) groups is 1. The molecule has 0 aromatic heterocycles. The fourth-order valence-electron chi connectivity index (χ4n) is 3.43. The maximum Gasteiger partial charge on any atom is 0.241 e. The molecule has 0 radical (unpaired) electrons. The molecule has 1 amide bonds. The molecule has 1 atom stereocenters. The molecule has 1 N–H and O–H groups in total. The molecule has 1 aliphatic rings. The quantitative estimate of drug-likeness (QED) is 0.733. The fraction of sp³-hybridized carbons (Fsp3) is 0.350. The van der Waals surface area contributed by atoms with Crippen molar-refractivity contribution >= 4 is 44.8 Å². The second-order valence-corrected chi connectivity index (χ2v) is 9.79. The number of aryl methyl sites for hydroxylation is 2. The van der Waals surface area contributed by atoms with Crippen LogP contribution in [-0.2, 0) is 27.7 Å². The molecule has 5 nitrogen and oxygen atoms in total. The lowest BCUT2D eigenvalue weighted by Gasteiger charge is -2.24. The van der Waals surface area contributed by atoms with Crippen LogP contribution in [-0.4, -0.2) is 27.1 Å². The Bertz CT molecular complexity index is 1010. The molecule has 8 heteroatoms. The minimum Gasteiger partial charge on any atom is -0.348 e. The molecule has 150 valence electrons. The summed E-state index contributed by atoms with van der Waals surface area (Å²) in [6.07, 6.45) is 4.35. The number of hydrogen-bond donors (Lipinski definition) is 1. The third kappa shape index (κ3) is 4.80. The van der Waals surface area contributed by atoms with E-state index >= 15 is 0 Å². The van der Waals surface area contributed by atoms with E-state index in [4.69, 9.17) is 23.2 Å². The van der Waals surface area contributed by atoms with Crippen molar-refractivity contribution in [1.82, 2.24) is 5.32 Å². The van der Waals surface area contributed by atoms with Gasteiger partial charge < -0.3 is 5.32 Å². The third-order valence-corrected chi connectivity index (χ3v) is 6.53. The Kier molecular flexibility index (Phi) is 6.22. The molecule has 0 spiro atoms. The second kappa shape index (κ2) is 8.31. The van der Waals surface area contributed by atoms with Crippen molar-refractivity contribution in [2.45, 2.75) is 32.2 Å². The zero-order valence-corrected chi connectivity index (χ0v) is 18.0. The molecule has 0 aliphatic heterocycles. The van der Waals surface area contributed by atoms with Crippen LogP contribution in [0.4, 0.5) is 5.69 Å². The third-order valence-electron chi connectivity index (χ3n) is 4.87. The summed E-state index contributed by atoms with van der Waals surface area (Å²) in [6.45, 7) is 1.52. The van der Waals surface area contributed by atoms with E-state index in [1.54, 1.807) is 0 Å². The first kappa shape index (κ1) is 21.0. The van der Waals surface area contributed by atoms with Crippen molar-refractivity contribution in [2.75, 3.05) is 17.1 Å². The highest BCUT2D eigenvalue weighted by molar-refractivity contribution is 7.92. The molecule has 0 heterocycles. The van der Waals surface area contributed by atoms with E-state index in [2.05, 4.69) is 17.4 Å². The number of amides is 1. The van der Waals surface area contributed by atoms with Crippen molar-refractivity contribution < 1.29 is 13.2 Å². The standard InChI is InChI=1S/C20H22Cl2N2O3S/c1-13(15-7-6-14-4-3-5-16(14)10-15)23-20(25)12-24(28(2,26)27)19-9-8-17(21)11-18(19)22/h6-11,13H,3-5,12H2,1-2H3,(H,23,25). The molecule has 0 saturated heterocycles. The first-order chi connectivity index (χ1) is 13.1. The highest BCUT2D eigenvalue weighted by Gasteiger charge is 2.24. The van der Waals surface area contributed by atoms with Crippen LogP contribution in [0.15, 0.2) is 36.4 Å². The SMILES string of the molecule is CC(NC(=O)CN(c1ccc(Cl)cc1Cl)S(C)(=O)=O)c1ccc2c(c1)CCC2. The number of rotatable bonds is 6. The van der Waals surface area contributed by atoms with Crippen LogP contribution >= 0.6 is 23.2 Å². The van der Waals surface area contributed by atoms with E-state index in [9.17, 15) is 13.2 Å². The summed E-state index contributed by atoms with van der Waals surface area (Å²) < 4.78 is 25.5. The number of fused-ring (bicyclic) bond motifs is 1. The average Bonchev–Trinajstić information content (AvgIpc) is 3.07. The van der Waals surface area contributed by atoms with E-state index in [1.807, 2.05) is 13.0 Å². The molecule has 0 saturated carbocycles. The zero-order valence-electron chi connectivity index (χ0n) is 15.7. The van der Waals surface area contributed by atoms with E-state index in [-0.39, 0.29) is 23.3 Å². The van der Waals surface area contributed by atoms with Crippen LogP contribution in [0.5, 0.6) is 0 Å². The lowest BCUT2D eigenvalue weighted by molar-refractivity contribution is -0.120. The minimum absolute atomic E-state index is 0.164. The number of hydrogen-bond acceptors (Lipinski definition) is 3. The number of carbonyl (C=O) groups excluding carboxylic acids is 1. The van der Waals surface area contributed by atoms with Crippen LogP contribution in [0.25, 0.3) is 0 Å². The molecule has 28 heavy (non-hydrogen) atoms. The summed E-state index contributed by atoms with van der Waals surface area (Å²) in [6, 6.07) is 10.5. The molecule has 0 fully saturated rings. The lowest BCUT2D eigenvalue weighted by atomic mass is 10.0. The number of benzene rings is 2. The summed E-state index contributed by atoms with van der Waals surface area (Å²) in [5, 5.41) is 3.43. The predicted molar refractivity (Wildman–Crippen MR) is 114 cm³/mol. The van der Waals surface area contributed by atoms with Crippen molar-refractivity contribution in [2.24, 2.45) is 0 Å². The van der Waals surface area contributed by atoms with E-state index in [1.165, 1.54) is 29.3 Å². The summed E-state index contributed by atoms with van der Waals surface area (Å²) in [5.74, 6) is -0.413. The molecule has 3 rings (SSSR count). The van der Waals surface area contributed by atoms with Gasteiger partial charge >= 0.3 is 0 Å². The fourth-order valence-corrected chi connectivity index (χ4v) is 4.86. The van der Waals surface area contributed by atoms with Gasteiger partial charge in [0.2, 0.25) is 15.9 Å². The monoisotopic (exact) mass is 440 g/mol. The van der Waals surface area contributed by atoms with E-state index < -0.39 is 15.9 Å². The summed E-state index contributed by atoms with van der Waals surface area (Å²) in [4.78, 5) is 12.6. The van der Waals surface area contributed by atoms with Crippen LogP contribution < -0.4 is 9.62 Å². The second-order valence-electron chi connectivity index (χ2n) is 7.04. The molecule has 1 unspecified atom stereocenters. The van der Waals surface area contributed by atoms with Gasteiger partial charge in [-0.05, 0) is 61.1 Å². The van der Waals surface area contributed by atoms with Crippen LogP contribution in [0.1, 0.15) is 36.1 Å². The topological polar surface area (TPSA) is 66.5 Å². The van der Waals surface area contributed by atoms with Crippen LogP contribution in [0.2, 0.25) is 10.0 Å². The Morgan fingerprint density at radius 3 is 2.54 bits per heavy atom. The van der Waals surface area contributed by atoms with Gasteiger partial charge in [-0.3, -0.25) is 9.10 Å². The highest BCUT2D eigenvalue weighted by Crippen LogP contribution is 2.30. The molecule has 1 aliphatic carbocycles. The van der Waals surface area contributed by atoms with E-state index in [0.29, 0.717) is 5.02 Å². The van der Waals surface area contributed by atoms with Crippen molar-refractivity contribution in [3.63, 3.8) is 0 Å².